The molecule has 0 radical (unpaired) electrons. The van der Waals surface area contributed by atoms with Crippen molar-refractivity contribution in [3.8, 4) is 0 Å². The fourth-order valence-electron chi connectivity index (χ4n) is 3.62. The smallest absolute Gasteiger partial charge is 0.246 e. The van der Waals surface area contributed by atoms with Crippen LogP contribution in [0.5, 0.6) is 0 Å². The number of aliphatic imine (C=N–C) groups is 1. The van der Waals surface area contributed by atoms with Gasteiger partial charge in [0.25, 0.3) is 0 Å². The number of para-hydroxylation sites is 1. The maximum absolute atomic E-state index is 12.5. The van der Waals surface area contributed by atoms with Crippen molar-refractivity contribution in [1.29, 1.82) is 0 Å². The lowest BCUT2D eigenvalue weighted by atomic mass is 10.0. The number of hydrogen-bond acceptors (Lipinski definition) is 4. The Labute approximate surface area is 190 Å². The van der Waals surface area contributed by atoms with Crippen LogP contribution in [0.1, 0.15) is 24.8 Å². The molecule has 0 atom stereocenters. The highest BCUT2D eigenvalue weighted by Gasteiger charge is 2.23. The fourth-order valence-corrected chi connectivity index (χ4v) is 3.62. The molecule has 0 bridgehead atoms. The van der Waals surface area contributed by atoms with Gasteiger partial charge in [-0.15, -0.1) is 24.0 Å². The molecule has 3 rings (SSSR count). The number of guanidine groups is 1. The lowest BCUT2D eigenvalue weighted by Crippen LogP contribution is -2.44. The summed E-state index contributed by atoms with van der Waals surface area (Å²) in [5.74, 6) is 1.34. The Morgan fingerprint density at radius 1 is 1.28 bits per heavy atom. The van der Waals surface area contributed by atoms with E-state index in [-0.39, 0.29) is 36.4 Å². The van der Waals surface area contributed by atoms with E-state index < -0.39 is 0 Å². The van der Waals surface area contributed by atoms with Gasteiger partial charge in [-0.05, 0) is 43.2 Å². The van der Waals surface area contributed by atoms with Gasteiger partial charge in [-0.1, -0.05) is 18.2 Å². The summed E-state index contributed by atoms with van der Waals surface area (Å²) in [5.41, 5.74) is 2.26. The summed E-state index contributed by atoms with van der Waals surface area (Å²) >= 11 is 0. The Bertz CT molecular complexity index is 665. The molecule has 0 spiro atoms. The van der Waals surface area contributed by atoms with Gasteiger partial charge in [-0.2, -0.15) is 0 Å². The molecular formula is C21H33IN4O3. The molecule has 2 aliphatic rings. The summed E-state index contributed by atoms with van der Waals surface area (Å²) in [4.78, 5) is 18.6. The first-order chi connectivity index (χ1) is 13.8. The number of rotatable bonds is 8. The predicted molar refractivity (Wildman–Crippen MR) is 126 cm³/mol. The van der Waals surface area contributed by atoms with E-state index >= 15 is 0 Å². The van der Waals surface area contributed by atoms with Gasteiger partial charge in [0.05, 0.1) is 6.54 Å². The molecular weight excluding hydrogens is 483 g/mol. The molecule has 8 heteroatoms. The minimum Gasteiger partial charge on any atom is -0.381 e. The third kappa shape index (κ3) is 7.42. The zero-order valence-electron chi connectivity index (χ0n) is 17.2. The largest absolute Gasteiger partial charge is 0.381 e. The minimum absolute atomic E-state index is 0. The molecule has 29 heavy (non-hydrogen) atoms. The van der Waals surface area contributed by atoms with Crippen LogP contribution in [-0.2, 0) is 20.7 Å². The first kappa shape index (κ1) is 23.9. The summed E-state index contributed by atoms with van der Waals surface area (Å²) in [6, 6.07) is 8.08. The van der Waals surface area contributed by atoms with Crippen LogP contribution < -0.4 is 15.5 Å². The van der Waals surface area contributed by atoms with Crippen molar-refractivity contribution in [2.75, 3.05) is 58.0 Å². The van der Waals surface area contributed by atoms with E-state index in [1.165, 1.54) is 5.56 Å². The van der Waals surface area contributed by atoms with Crippen molar-refractivity contribution >= 4 is 41.5 Å². The zero-order valence-corrected chi connectivity index (χ0v) is 19.5. The maximum atomic E-state index is 12.5. The third-order valence-electron chi connectivity index (χ3n) is 5.27. The predicted octanol–water partition coefficient (Wildman–Crippen LogP) is 2.19. The Hall–Kier alpha value is -1.39. The molecule has 0 saturated carbocycles. The summed E-state index contributed by atoms with van der Waals surface area (Å²) < 4.78 is 11.1. The molecule has 1 aromatic rings. The number of hydrogen-bond donors (Lipinski definition) is 2. The number of carbonyl (C=O) groups excluding carboxylic acids is 1. The molecule has 2 heterocycles. The molecule has 0 aliphatic carbocycles. The van der Waals surface area contributed by atoms with Crippen molar-refractivity contribution in [3.63, 3.8) is 0 Å². The molecule has 0 unspecified atom stereocenters. The van der Waals surface area contributed by atoms with Gasteiger partial charge < -0.3 is 25.0 Å². The number of amides is 1. The van der Waals surface area contributed by atoms with Crippen LogP contribution in [0.15, 0.2) is 29.3 Å². The number of ether oxygens (including phenoxy) is 2. The van der Waals surface area contributed by atoms with Crippen molar-refractivity contribution in [2.45, 2.75) is 25.7 Å². The second-order valence-corrected chi connectivity index (χ2v) is 7.26. The Morgan fingerprint density at radius 3 is 2.86 bits per heavy atom. The van der Waals surface area contributed by atoms with Gasteiger partial charge in [0.2, 0.25) is 5.91 Å². The van der Waals surface area contributed by atoms with Gasteiger partial charge in [0.1, 0.15) is 0 Å². The van der Waals surface area contributed by atoms with E-state index in [1.54, 1.807) is 7.05 Å². The first-order valence-electron chi connectivity index (χ1n) is 10.3. The highest BCUT2D eigenvalue weighted by Crippen LogP contribution is 2.27. The van der Waals surface area contributed by atoms with E-state index in [1.807, 2.05) is 23.1 Å². The quantitative estimate of drug-likeness (QED) is 0.240. The Balaban J connectivity index is 0.00000300. The molecule has 1 fully saturated rings. The van der Waals surface area contributed by atoms with Crippen LogP contribution in [-0.4, -0.2) is 65.0 Å². The number of halogens is 1. The first-order valence-corrected chi connectivity index (χ1v) is 10.3. The van der Waals surface area contributed by atoms with Gasteiger partial charge in [0, 0.05) is 52.3 Å². The normalized spacial score (nSPS) is 16.9. The van der Waals surface area contributed by atoms with Crippen molar-refractivity contribution in [2.24, 2.45) is 10.9 Å². The number of benzene rings is 1. The van der Waals surface area contributed by atoms with Crippen molar-refractivity contribution in [1.82, 2.24) is 10.6 Å². The van der Waals surface area contributed by atoms with Crippen LogP contribution in [0.4, 0.5) is 5.69 Å². The third-order valence-corrected chi connectivity index (χ3v) is 5.27. The number of anilines is 1. The number of nitrogens with one attached hydrogen (secondary N) is 2. The Morgan fingerprint density at radius 2 is 2.07 bits per heavy atom. The summed E-state index contributed by atoms with van der Waals surface area (Å²) in [7, 11) is 1.71. The van der Waals surface area contributed by atoms with Crippen LogP contribution in [0.2, 0.25) is 0 Å². The summed E-state index contributed by atoms with van der Waals surface area (Å²) in [6.45, 7) is 5.00. The van der Waals surface area contributed by atoms with Gasteiger partial charge >= 0.3 is 0 Å². The Kier molecular flexibility index (Phi) is 10.7. The molecule has 2 aliphatic heterocycles. The highest BCUT2D eigenvalue weighted by atomic mass is 127. The number of carbonyl (C=O) groups is 1. The molecule has 0 aromatic heterocycles. The molecule has 1 saturated heterocycles. The lowest BCUT2D eigenvalue weighted by Gasteiger charge is -2.21. The van der Waals surface area contributed by atoms with Gasteiger partial charge in [-0.25, -0.2) is 0 Å². The average Bonchev–Trinajstić information content (AvgIpc) is 3.17. The van der Waals surface area contributed by atoms with E-state index in [2.05, 4.69) is 21.7 Å². The summed E-state index contributed by atoms with van der Waals surface area (Å²) in [6.07, 6.45) is 4.02. The lowest BCUT2D eigenvalue weighted by molar-refractivity contribution is -0.117. The average molecular weight is 516 g/mol. The van der Waals surface area contributed by atoms with E-state index in [0.29, 0.717) is 11.9 Å². The number of fused-ring (bicyclic) bond motifs is 1. The van der Waals surface area contributed by atoms with Crippen LogP contribution >= 0.6 is 24.0 Å². The van der Waals surface area contributed by atoms with E-state index in [9.17, 15) is 4.79 Å². The topological polar surface area (TPSA) is 75.2 Å². The molecule has 2 N–H and O–H groups in total. The van der Waals surface area contributed by atoms with Crippen molar-refractivity contribution < 1.29 is 14.3 Å². The highest BCUT2D eigenvalue weighted by molar-refractivity contribution is 14.0. The van der Waals surface area contributed by atoms with Crippen LogP contribution in [0, 0.1) is 5.92 Å². The second-order valence-electron chi connectivity index (χ2n) is 7.26. The number of nitrogens with zero attached hydrogens (tertiary/aromatic N) is 2. The molecule has 7 nitrogen and oxygen atoms in total. The standard InChI is InChI=1S/C21H32N4O3.HI/c1-22-21(23-10-4-12-28-16-17-8-13-27-14-9-17)24-15-20(26)25-11-7-18-5-2-3-6-19(18)25;/h2-3,5-6,17H,4,7-16H2,1H3,(H2,22,23,24);1H. The summed E-state index contributed by atoms with van der Waals surface area (Å²) in [5, 5.41) is 6.35. The van der Waals surface area contributed by atoms with Crippen molar-refractivity contribution in [3.05, 3.63) is 29.8 Å². The fraction of sp³-hybridized carbons (Fsp3) is 0.619. The second kappa shape index (κ2) is 13.0. The van der Waals surface area contributed by atoms with Gasteiger partial charge in [0.15, 0.2) is 5.96 Å². The SMILES string of the molecule is CN=C(NCCCOCC1CCOCC1)NCC(=O)N1CCc2ccccc21.I. The van der Waals surface area contributed by atoms with Gasteiger partial charge in [-0.3, -0.25) is 9.79 Å². The van der Waals surface area contributed by atoms with E-state index in [0.717, 1.165) is 70.9 Å². The minimum atomic E-state index is 0. The zero-order chi connectivity index (χ0) is 19.6. The molecule has 162 valence electrons. The monoisotopic (exact) mass is 516 g/mol. The van der Waals surface area contributed by atoms with E-state index in [4.69, 9.17) is 9.47 Å². The maximum Gasteiger partial charge on any atom is 0.246 e. The molecule has 1 aromatic carbocycles. The van der Waals surface area contributed by atoms with Crippen LogP contribution in [0.25, 0.3) is 0 Å². The van der Waals surface area contributed by atoms with Crippen LogP contribution in [0.3, 0.4) is 0 Å². The molecule has 1 amide bonds.